The number of nitrogens with one attached hydrogen (secondary N) is 2. The van der Waals surface area contributed by atoms with Crippen LogP contribution in [-0.2, 0) is 6.54 Å². The van der Waals surface area contributed by atoms with E-state index in [0.717, 1.165) is 31.0 Å². The lowest BCUT2D eigenvalue weighted by atomic mass is 10.1. The summed E-state index contributed by atoms with van der Waals surface area (Å²) < 4.78 is 16.3. The first-order valence-corrected chi connectivity index (χ1v) is 9.87. The molecule has 0 bridgehead atoms. The summed E-state index contributed by atoms with van der Waals surface area (Å²) in [5, 5.41) is 6.71. The Kier molecular flexibility index (Phi) is 10.5. The maximum Gasteiger partial charge on any atom is 0.191 e. The standard InChI is InChI=1S/C21H38N4O3/c1-15(2)25(16(3)4)11-9-10-23-21(22-5)24-14-18-19(27-7)12-17(26-6)13-20(18)28-8/h12-13,15-16H,9-11,14H2,1-8H3,(H2,22,23,24). The summed E-state index contributed by atoms with van der Waals surface area (Å²) in [6.45, 7) is 11.4. The van der Waals surface area contributed by atoms with E-state index in [1.165, 1.54) is 0 Å². The first-order valence-electron chi connectivity index (χ1n) is 9.87. The van der Waals surface area contributed by atoms with Gasteiger partial charge in [0.05, 0.1) is 33.4 Å². The molecule has 1 aromatic carbocycles. The Hall–Kier alpha value is -2.15. The molecule has 0 aliphatic rings. The number of guanidine groups is 1. The summed E-state index contributed by atoms with van der Waals surface area (Å²) in [7, 11) is 6.67. The molecule has 160 valence electrons. The lowest BCUT2D eigenvalue weighted by molar-refractivity contribution is 0.173. The number of nitrogens with zero attached hydrogens (tertiary/aromatic N) is 2. The van der Waals surface area contributed by atoms with Crippen molar-refractivity contribution in [2.45, 2.75) is 52.7 Å². The van der Waals surface area contributed by atoms with Gasteiger partial charge in [-0.1, -0.05) is 0 Å². The Morgan fingerprint density at radius 3 is 1.96 bits per heavy atom. The second kappa shape index (κ2) is 12.3. The smallest absolute Gasteiger partial charge is 0.191 e. The summed E-state index contributed by atoms with van der Waals surface area (Å²) >= 11 is 0. The van der Waals surface area contributed by atoms with Crippen molar-refractivity contribution < 1.29 is 14.2 Å². The summed E-state index contributed by atoms with van der Waals surface area (Å²) in [6, 6.07) is 4.80. The van der Waals surface area contributed by atoms with Crippen LogP contribution in [-0.4, -0.2) is 64.4 Å². The van der Waals surface area contributed by atoms with E-state index in [-0.39, 0.29) is 0 Å². The highest BCUT2D eigenvalue weighted by molar-refractivity contribution is 5.79. The molecule has 7 nitrogen and oxygen atoms in total. The average Bonchev–Trinajstić information content (AvgIpc) is 2.68. The van der Waals surface area contributed by atoms with Gasteiger partial charge in [0.25, 0.3) is 0 Å². The number of ether oxygens (including phenoxy) is 3. The normalized spacial score (nSPS) is 11.9. The molecule has 0 aromatic heterocycles. The van der Waals surface area contributed by atoms with Crippen molar-refractivity contribution in [3.63, 3.8) is 0 Å². The Bertz CT molecular complexity index is 585. The molecule has 0 amide bonds. The first kappa shape index (κ1) is 23.9. The predicted molar refractivity (Wildman–Crippen MR) is 116 cm³/mol. The van der Waals surface area contributed by atoms with Crippen LogP contribution in [0.25, 0.3) is 0 Å². The molecular weight excluding hydrogens is 356 g/mol. The Morgan fingerprint density at radius 1 is 0.964 bits per heavy atom. The molecule has 0 radical (unpaired) electrons. The molecular formula is C21H38N4O3. The zero-order valence-electron chi connectivity index (χ0n) is 18.8. The SMILES string of the molecule is CN=C(NCCCN(C(C)C)C(C)C)NCc1c(OC)cc(OC)cc1OC. The van der Waals surface area contributed by atoms with E-state index in [4.69, 9.17) is 14.2 Å². The minimum atomic E-state index is 0.528. The Labute approximate surface area is 170 Å². The molecule has 1 rings (SSSR count). The summed E-state index contributed by atoms with van der Waals surface area (Å²) in [4.78, 5) is 6.80. The Morgan fingerprint density at radius 2 is 1.54 bits per heavy atom. The molecule has 2 N–H and O–H groups in total. The van der Waals surface area contributed by atoms with Gasteiger partial charge in [0.2, 0.25) is 0 Å². The van der Waals surface area contributed by atoms with Crippen LogP contribution in [0.4, 0.5) is 0 Å². The third kappa shape index (κ3) is 7.11. The lowest BCUT2D eigenvalue weighted by Crippen LogP contribution is -2.41. The number of methoxy groups -OCH3 is 3. The minimum absolute atomic E-state index is 0.528. The molecule has 1 aromatic rings. The number of hydrogen-bond donors (Lipinski definition) is 2. The minimum Gasteiger partial charge on any atom is -0.496 e. The zero-order valence-corrected chi connectivity index (χ0v) is 18.8. The van der Waals surface area contributed by atoms with Crippen molar-refractivity contribution in [1.82, 2.24) is 15.5 Å². The third-order valence-corrected chi connectivity index (χ3v) is 4.69. The maximum absolute atomic E-state index is 5.50. The van der Waals surface area contributed by atoms with Crippen molar-refractivity contribution in [3.05, 3.63) is 17.7 Å². The van der Waals surface area contributed by atoms with E-state index in [2.05, 4.69) is 48.2 Å². The van der Waals surface area contributed by atoms with Crippen LogP contribution in [0, 0.1) is 0 Å². The molecule has 7 heteroatoms. The topological polar surface area (TPSA) is 67.4 Å². The molecule has 0 saturated carbocycles. The molecule has 0 unspecified atom stereocenters. The van der Waals surface area contributed by atoms with E-state index in [9.17, 15) is 0 Å². The van der Waals surface area contributed by atoms with Gasteiger partial charge in [-0.3, -0.25) is 9.89 Å². The van der Waals surface area contributed by atoms with Crippen LogP contribution in [0.2, 0.25) is 0 Å². The van der Waals surface area contributed by atoms with Gasteiger partial charge in [-0.15, -0.1) is 0 Å². The molecule has 0 fully saturated rings. The van der Waals surface area contributed by atoms with E-state index in [1.54, 1.807) is 28.4 Å². The predicted octanol–water partition coefficient (Wildman–Crippen LogP) is 2.89. The number of hydrogen-bond acceptors (Lipinski definition) is 5. The van der Waals surface area contributed by atoms with Crippen molar-refractivity contribution in [1.29, 1.82) is 0 Å². The first-order chi connectivity index (χ1) is 13.4. The van der Waals surface area contributed by atoms with Crippen LogP contribution < -0.4 is 24.8 Å². The van der Waals surface area contributed by atoms with Gasteiger partial charge in [-0.25, -0.2) is 0 Å². The van der Waals surface area contributed by atoms with Crippen molar-refractivity contribution in [2.24, 2.45) is 4.99 Å². The zero-order chi connectivity index (χ0) is 21.1. The van der Waals surface area contributed by atoms with Gasteiger partial charge in [0, 0.05) is 44.4 Å². The summed E-state index contributed by atoms with van der Waals surface area (Å²) in [5.41, 5.74) is 0.916. The van der Waals surface area contributed by atoms with Crippen LogP contribution in [0.5, 0.6) is 17.2 Å². The molecule has 0 heterocycles. The number of aliphatic imine (C=N–C) groups is 1. The van der Waals surface area contributed by atoms with Crippen LogP contribution >= 0.6 is 0 Å². The molecule has 0 spiro atoms. The van der Waals surface area contributed by atoms with E-state index in [1.807, 2.05) is 12.1 Å². The maximum atomic E-state index is 5.50. The highest BCUT2D eigenvalue weighted by atomic mass is 16.5. The van der Waals surface area contributed by atoms with Gasteiger partial charge < -0.3 is 24.8 Å². The second-order valence-corrected chi connectivity index (χ2v) is 7.14. The third-order valence-electron chi connectivity index (χ3n) is 4.69. The van der Waals surface area contributed by atoms with Crippen LogP contribution in [0.15, 0.2) is 17.1 Å². The molecule has 0 aliphatic carbocycles. The fourth-order valence-electron chi connectivity index (χ4n) is 3.23. The average molecular weight is 395 g/mol. The molecule has 28 heavy (non-hydrogen) atoms. The van der Waals surface area contributed by atoms with Crippen LogP contribution in [0.3, 0.4) is 0 Å². The number of rotatable bonds is 11. The van der Waals surface area contributed by atoms with Gasteiger partial charge in [-0.05, 0) is 34.1 Å². The van der Waals surface area contributed by atoms with Crippen molar-refractivity contribution >= 4 is 5.96 Å². The highest BCUT2D eigenvalue weighted by Crippen LogP contribution is 2.33. The fraction of sp³-hybridized carbons (Fsp3) is 0.667. The molecule has 0 atom stereocenters. The van der Waals surface area contributed by atoms with Gasteiger partial charge in [-0.2, -0.15) is 0 Å². The quantitative estimate of drug-likeness (QED) is 0.342. The highest BCUT2D eigenvalue weighted by Gasteiger charge is 2.14. The molecule has 0 aliphatic heterocycles. The monoisotopic (exact) mass is 394 g/mol. The Balaban J connectivity index is 2.63. The lowest BCUT2D eigenvalue weighted by Gasteiger charge is -2.30. The van der Waals surface area contributed by atoms with E-state index >= 15 is 0 Å². The van der Waals surface area contributed by atoms with E-state index in [0.29, 0.717) is 35.9 Å². The molecule has 0 saturated heterocycles. The second-order valence-electron chi connectivity index (χ2n) is 7.14. The number of benzene rings is 1. The fourth-order valence-corrected chi connectivity index (χ4v) is 3.23. The van der Waals surface area contributed by atoms with Gasteiger partial charge >= 0.3 is 0 Å². The van der Waals surface area contributed by atoms with Gasteiger partial charge in [0.1, 0.15) is 17.2 Å². The van der Waals surface area contributed by atoms with Gasteiger partial charge in [0.15, 0.2) is 5.96 Å². The summed E-state index contributed by atoms with van der Waals surface area (Å²) in [5.74, 6) is 2.87. The van der Waals surface area contributed by atoms with Crippen molar-refractivity contribution in [3.8, 4) is 17.2 Å². The van der Waals surface area contributed by atoms with Crippen LogP contribution in [0.1, 0.15) is 39.7 Å². The summed E-state index contributed by atoms with van der Waals surface area (Å²) in [6.07, 6.45) is 1.05. The van der Waals surface area contributed by atoms with Crippen molar-refractivity contribution in [2.75, 3.05) is 41.5 Å². The van der Waals surface area contributed by atoms with E-state index < -0.39 is 0 Å². The largest absolute Gasteiger partial charge is 0.496 e.